The topological polar surface area (TPSA) is 52.4 Å². The van der Waals surface area contributed by atoms with Crippen LogP contribution in [0.25, 0.3) is 0 Å². The Hall–Kier alpha value is -2.02. The van der Waals surface area contributed by atoms with E-state index in [4.69, 9.17) is 0 Å². The molecule has 0 aromatic heterocycles. The lowest BCUT2D eigenvalue weighted by atomic mass is 9.78. The number of hydrogen-bond donors (Lipinski definition) is 0. The zero-order chi connectivity index (χ0) is 17.2. The number of nitro groups is 1. The van der Waals surface area contributed by atoms with Crippen LogP contribution in [0.5, 0.6) is 5.75 Å². The van der Waals surface area contributed by atoms with Crippen LogP contribution < -0.4 is 4.74 Å². The molecule has 2 aromatic carbocycles. The van der Waals surface area contributed by atoms with E-state index < -0.39 is 16.9 Å². The number of rotatable bonds is 5. The first-order valence-corrected chi connectivity index (χ1v) is 7.50. The number of alkyl halides is 2. The maximum atomic E-state index is 12.4. The summed E-state index contributed by atoms with van der Waals surface area (Å²) in [6, 6.07) is 11.0. The van der Waals surface area contributed by atoms with E-state index in [1.165, 1.54) is 24.3 Å². The van der Waals surface area contributed by atoms with Gasteiger partial charge in [0.15, 0.2) is 0 Å². The van der Waals surface area contributed by atoms with Crippen molar-refractivity contribution in [3.8, 4) is 5.75 Å². The maximum Gasteiger partial charge on any atom is 0.387 e. The van der Waals surface area contributed by atoms with Gasteiger partial charge >= 0.3 is 6.61 Å². The number of hydrogen-bond acceptors (Lipinski definition) is 3. The van der Waals surface area contributed by atoms with Gasteiger partial charge in [-0.05, 0) is 29.3 Å². The molecule has 23 heavy (non-hydrogen) atoms. The molecule has 0 bridgehead atoms. The molecule has 0 spiro atoms. The Morgan fingerprint density at radius 3 is 2.48 bits per heavy atom. The molecule has 0 atom stereocenters. The minimum absolute atomic E-state index is 0.0394. The highest BCUT2D eigenvalue weighted by Crippen LogP contribution is 2.36. The van der Waals surface area contributed by atoms with Gasteiger partial charge in [0.25, 0.3) is 5.69 Å². The second kappa shape index (κ2) is 6.62. The Morgan fingerprint density at radius 1 is 1.17 bits per heavy atom. The standard InChI is InChI=1S/C16H14BrF2NO3/c1-16(2,10-4-3-5-14(8-10)23-15(18)19)11-6-12(17)9-13(7-11)20(21)22/h3-9,15H,1-2H3. The monoisotopic (exact) mass is 385 g/mol. The SMILES string of the molecule is CC(C)(c1cccc(OC(F)F)c1)c1cc(Br)cc([N+](=O)[O-])c1. The van der Waals surface area contributed by atoms with Crippen molar-refractivity contribution >= 4 is 21.6 Å². The number of non-ortho nitro benzene ring substituents is 1. The van der Waals surface area contributed by atoms with Crippen LogP contribution in [0.3, 0.4) is 0 Å². The van der Waals surface area contributed by atoms with Gasteiger partial charge in [0.1, 0.15) is 5.75 Å². The highest BCUT2D eigenvalue weighted by atomic mass is 79.9. The largest absolute Gasteiger partial charge is 0.435 e. The number of benzene rings is 2. The van der Waals surface area contributed by atoms with Crippen LogP contribution in [0.15, 0.2) is 46.9 Å². The molecule has 0 unspecified atom stereocenters. The smallest absolute Gasteiger partial charge is 0.387 e. The molecule has 0 N–H and O–H groups in total. The van der Waals surface area contributed by atoms with Gasteiger partial charge in [0, 0.05) is 22.0 Å². The molecule has 122 valence electrons. The maximum absolute atomic E-state index is 12.4. The fraction of sp³-hybridized carbons (Fsp3) is 0.250. The van der Waals surface area contributed by atoms with Crippen molar-refractivity contribution in [3.63, 3.8) is 0 Å². The Kier molecular flexibility index (Phi) is 4.99. The Labute approximate surface area is 140 Å². The van der Waals surface area contributed by atoms with Crippen LogP contribution in [0.4, 0.5) is 14.5 Å². The second-order valence-electron chi connectivity index (χ2n) is 5.49. The van der Waals surface area contributed by atoms with Crippen molar-refractivity contribution < 1.29 is 18.4 Å². The molecule has 0 aliphatic rings. The highest BCUT2D eigenvalue weighted by Gasteiger charge is 2.26. The zero-order valence-electron chi connectivity index (χ0n) is 12.4. The van der Waals surface area contributed by atoms with Crippen LogP contribution in [0, 0.1) is 10.1 Å². The molecular formula is C16H14BrF2NO3. The molecule has 0 amide bonds. The van der Waals surface area contributed by atoms with Crippen LogP contribution in [-0.4, -0.2) is 11.5 Å². The van der Waals surface area contributed by atoms with Gasteiger partial charge in [-0.1, -0.05) is 41.9 Å². The molecule has 0 saturated carbocycles. The first-order valence-electron chi connectivity index (χ1n) is 6.71. The summed E-state index contributed by atoms with van der Waals surface area (Å²) in [5.74, 6) is 0.0510. The predicted octanol–water partition coefficient (Wildman–Crippen LogP) is 5.28. The first kappa shape index (κ1) is 17.3. The highest BCUT2D eigenvalue weighted by molar-refractivity contribution is 9.10. The molecule has 0 aliphatic carbocycles. The minimum atomic E-state index is -2.90. The molecule has 0 saturated heterocycles. The van der Waals surface area contributed by atoms with Crippen molar-refractivity contribution in [1.82, 2.24) is 0 Å². The third-order valence-corrected chi connectivity index (χ3v) is 4.05. The minimum Gasteiger partial charge on any atom is -0.435 e. The average Bonchev–Trinajstić information content (AvgIpc) is 2.46. The van der Waals surface area contributed by atoms with E-state index in [9.17, 15) is 18.9 Å². The molecule has 7 heteroatoms. The first-order chi connectivity index (χ1) is 10.7. The predicted molar refractivity (Wildman–Crippen MR) is 86.0 cm³/mol. The normalized spacial score (nSPS) is 11.6. The van der Waals surface area contributed by atoms with E-state index in [0.29, 0.717) is 15.6 Å². The zero-order valence-corrected chi connectivity index (χ0v) is 14.0. The van der Waals surface area contributed by atoms with Crippen molar-refractivity contribution in [3.05, 3.63) is 68.2 Å². The Morgan fingerprint density at radius 2 is 1.87 bits per heavy atom. The van der Waals surface area contributed by atoms with Crippen LogP contribution >= 0.6 is 15.9 Å². The van der Waals surface area contributed by atoms with Crippen LogP contribution in [0.2, 0.25) is 0 Å². The summed E-state index contributed by atoms with van der Waals surface area (Å²) in [6.45, 7) is 0.820. The van der Waals surface area contributed by atoms with Crippen LogP contribution in [-0.2, 0) is 5.41 Å². The molecule has 0 aliphatic heterocycles. The third kappa shape index (κ3) is 4.04. The van der Waals surface area contributed by atoms with Crippen molar-refractivity contribution in [2.75, 3.05) is 0 Å². The summed E-state index contributed by atoms with van der Waals surface area (Å²) < 4.78 is 29.7. The fourth-order valence-corrected chi connectivity index (χ4v) is 2.75. The average molecular weight is 386 g/mol. The molecular weight excluding hydrogens is 372 g/mol. The van der Waals surface area contributed by atoms with Crippen molar-refractivity contribution in [2.24, 2.45) is 0 Å². The van der Waals surface area contributed by atoms with Gasteiger partial charge in [0.2, 0.25) is 0 Å². The van der Waals surface area contributed by atoms with E-state index in [1.807, 2.05) is 13.8 Å². The summed E-state index contributed by atoms with van der Waals surface area (Å²) in [5, 5.41) is 11.0. The van der Waals surface area contributed by atoms with Gasteiger partial charge in [-0.15, -0.1) is 0 Å². The van der Waals surface area contributed by atoms with Crippen molar-refractivity contribution in [2.45, 2.75) is 25.9 Å². The molecule has 0 fully saturated rings. The van der Waals surface area contributed by atoms with Crippen LogP contribution in [0.1, 0.15) is 25.0 Å². The van der Waals surface area contributed by atoms with E-state index in [1.54, 1.807) is 18.2 Å². The lowest BCUT2D eigenvalue weighted by molar-refractivity contribution is -0.385. The van der Waals surface area contributed by atoms with Gasteiger partial charge < -0.3 is 4.74 Å². The summed E-state index contributed by atoms with van der Waals surface area (Å²) in [5.41, 5.74) is 0.731. The van der Waals surface area contributed by atoms with Gasteiger partial charge in [-0.3, -0.25) is 10.1 Å². The Bertz CT molecular complexity index is 735. The van der Waals surface area contributed by atoms with Crippen molar-refractivity contribution in [1.29, 1.82) is 0 Å². The van der Waals surface area contributed by atoms with Gasteiger partial charge in [0.05, 0.1) is 4.92 Å². The Balaban J connectivity index is 2.47. The molecule has 0 heterocycles. The number of nitrogens with zero attached hydrogens (tertiary/aromatic N) is 1. The summed E-state index contributed by atoms with van der Waals surface area (Å²) in [7, 11) is 0. The molecule has 0 radical (unpaired) electrons. The second-order valence-corrected chi connectivity index (χ2v) is 6.40. The number of halogens is 3. The lowest BCUT2D eigenvalue weighted by Gasteiger charge is -2.26. The number of ether oxygens (including phenoxy) is 1. The van der Waals surface area contributed by atoms with Gasteiger partial charge in [-0.2, -0.15) is 8.78 Å². The molecule has 2 aromatic rings. The van der Waals surface area contributed by atoms with E-state index in [-0.39, 0.29) is 11.4 Å². The number of nitro benzene ring substituents is 1. The van der Waals surface area contributed by atoms with Gasteiger partial charge in [-0.25, -0.2) is 0 Å². The summed E-state index contributed by atoms with van der Waals surface area (Å²) in [6.07, 6.45) is 0. The lowest BCUT2D eigenvalue weighted by Crippen LogP contribution is -2.19. The van der Waals surface area contributed by atoms with E-state index in [0.717, 1.165) is 0 Å². The quantitative estimate of drug-likeness (QED) is 0.519. The third-order valence-electron chi connectivity index (χ3n) is 3.60. The van der Waals surface area contributed by atoms with E-state index in [2.05, 4.69) is 20.7 Å². The molecule has 4 nitrogen and oxygen atoms in total. The fourth-order valence-electron chi connectivity index (χ4n) is 2.27. The summed E-state index contributed by atoms with van der Waals surface area (Å²) in [4.78, 5) is 10.6. The summed E-state index contributed by atoms with van der Waals surface area (Å²) >= 11 is 3.27. The molecule has 2 rings (SSSR count). The van der Waals surface area contributed by atoms with E-state index >= 15 is 0 Å².